The quantitative estimate of drug-likeness (QED) is 0.180. The van der Waals surface area contributed by atoms with Gasteiger partial charge in [0.1, 0.15) is 11.8 Å². The van der Waals surface area contributed by atoms with Crippen molar-refractivity contribution in [2.24, 2.45) is 5.92 Å². The van der Waals surface area contributed by atoms with Crippen molar-refractivity contribution < 1.29 is 33.5 Å². The molecule has 0 bridgehead atoms. The fourth-order valence-electron chi connectivity index (χ4n) is 7.64. The molecule has 4 heterocycles. The summed E-state index contributed by atoms with van der Waals surface area (Å²) in [6, 6.07) is 15.2. The van der Waals surface area contributed by atoms with Crippen LogP contribution in [0.2, 0.25) is 0 Å². The molecule has 0 spiro atoms. The predicted octanol–water partition coefficient (Wildman–Crippen LogP) is 5.41. The Bertz CT molecular complexity index is 2010. The number of imidazole rings is 1. The van der Waals surface area contributed by atoms with E-state index < -0.39 is 30.1 Å². The zero-order chi connectivity index (χ0) is 38.5. The number of ether oxygens (including phenoxy) is 1. The average molecular weight is 754 g/mol. The van der Waals surface area contributed by atoms with Crippen molar-refractivity contribution in [2.75, 3.05) is 20.2 Å². The Hall–Kier alpha value is -5.17. The molecule has 284 valence electrons. The smallest absolute Gasteiger partial charge is 0.407 e. The Kier molecular flexibility index (Phi) is 12.1. The first-order valence-electron chi connectivity index (χ1n) is 18.6. The van der Waals surface area contributed by atoms with Crippen LogP contribution in [0, 0.1) is 5.92 Å². The van der Waals surface area contributed by atoms with Crippen LogP contribution in [0.4, 0.5) is 4.79 Å². The maximum absolute atomic E-state index is 13.8. The summed E-state index contributed by atoms with van der Waals surface area (Å²) in [7, 11) is 1.25. The largest absolute Gasteiger partial charge is 0.453 e. The van der Waals surface area contributed by atoms with E-state index in [1.807, 2.05) is 85.2 Å². The van der Waals surface area contributed by atoms with Crippen LogP contribution >= 0.6 is 11.3 Å². The van der Waals surface area contributed by atoms with Crippen molar-refractivity contribution in [3.63, 3.8) is 0 Å². The number of ketones is 3. The molecule has 54 heavy (non-hydrogen) atoms. The lowest BCUT2D eigenvalue weighted by atomic mass is 9.91. The van der Waals surface area contributed by atoms with E-state index in [4.69, 9.17) is 9.72 Å². The molecule has 0 saturated carbocycles. The number of fused-ring (bicyclic) bond motifs is 1. The van der Waals surface area contributed by atoms with Gasteiger partial charge in [-0.05, 0) is 61.3 Å². The second-order valence-electron chi connectivity index (χ2n) is 14.6. The van der Waals surface area contributed by atoms with Gasteiger partial charge in [-0.25, -0.2) is 9.78 Å². The van der Waals surface area contributed by atoms with Gasteiger partial charge in [0.2, 0.25) is 11.8 Å². The third-order valence-electron chi connectivity index (χ3n) is 10.3. The fraction of sp³-hybridized carbons (Fsp3) is 0.439. The van der Waals surface area contributed by atoms with E-state index in [1.54, 1.807) is 9.80 Å². The van der Waals surface area contributed by atoms with Crippen LogP contribution in [0.5, 0.6) is 0 Å². The minimum atomic E-state index is -0.795. The molecule has 2 saturated heterocycles. The van der Waals surface area contributed by atoms with Crippen LogP contribution in [-0.2, 0) is 41.6 Å². The number of alkyl carbamates (subject to hydrolysis) is 1. The van der Waals surface area contributed by atoms with E-state index in [1.165, 1.54) is 25.4 Å². The van der Waals surface area contributed by atoms with E-state index >= 15 is 0 Å². The molecule has 2 fully saturated rings. The predicted molar refractivity (Wildman–Crippen MR) is 204 cm³/mol. The Morgan fingerprint density at radius 2 is 1.54 bits per heavy atom. The first kappa shape index (κ1) is 38.6. The zero-order valence-corrected chi connectivity index (χ0v) is 32.0. The Balaban J connectivity index is 1.10. The topological polar surface area (TPSA) is 147 Å². The summed E-state index contributed by atoms with van der Waals surface area (Å²) in [5.41, 5.74) is 3.16. The number of rotatable bonds is 14. The number of aromatic nitrogens is 2. The van der Waals surface area contributed by atoms with Crippen LogP contribution in [0.15, 0.2) is 67.0 Å². The number of nitrogens with zero attached hydrogens (tertiary/aromatic N) is 4. The average Bonchev–Trinajstić information content (AvgIpc) is 3.97. The van der Waals surface area contributed by atoms with Gasteiger partial charge < -0.3 is 19.9 Å². The molecule has 1 N–H and O–H groups in total. The number of thiazole rings is 1. The number of hydrogen-bond donors (Lipinski definition) is 1. The van der Waals surface area contributed by atoms with E-state index in [0.717, 1.165) is 32.9 Å². The van der Waals surface area contributed by atoms with Gasteiger partial charge in [0.05, 0.1) is 42.1 Å². The molecule has 4 atom stereocenters. The highest BCUT2D eigenvalue weighted by molar-refractivity contribution is 7.20. The van der Waals surface area contributed by atoms with Crippen LogP contribution in [0.3, 0.4) is 0 Å². The molecule has 2 aromatic heterocycles. The highest BCUT2D eigenvalue weighted by Gasteiger charge is 2.39. The molecular weight excluding hydrogens is 707 g/mol. The first-order valence-corrected chi connectivity index (χ1v) is 19.4. The first-order chi connectivity index (χ1) is 25.9. The molecule has 0 aliphatic carbocycles. The molecule has 2 aliphatic rings. The fourth-order valence-corrected chi connectivity index (χ4v) is 8.62. The van der Waals surface area contributed by atoms with E-state index in [0.29, 0.717) is 38.0 Å². The van der Waals surface area contributed by atoms with Crippen molar-refractivity contribution in [3.8, 4) is 10.4 Å². The van der Waals surface area contributed by atoms with Gasteiger partial charge in [-0.15, -0.1) is 0 Å². The van der Waals surface area contributed by atoms with Gasteiger partial charge in [0.25, 0.3) is 0 Å². The molecule has 3 amide bonds. The molecule has 0 radical (unpaired) electrons. The zero-order valence-electron chi connectivity index (χ0n) is 31.2. The maximum atomic E-state index is 13.8. The second kappa shape index (κ2) is 16.9. The Morgan fingerprint density at radius 1 is 0.870 bits per heavy atom. The number of Topliss-reactive ketones (excluding diaryl/α,β-unsaturated/α-hetero) is 3. The molecule has 2 aromatic carbocycles. The third-order valence-corrected chi connectivity index (χ3v) is 11.4. The molecule has 12 nitrogen and oxygen atoms in total. The number of amides is 3. The third kappa shape index (κ3) is 8.62. The van der Waals surface area contributed by atoms with E-state index in [-0.39, 0.29) is 54.3 Å². The van der Waals surface area contributed by atoms with Gasteiger partial charge in [-0.1, -0.05) is 73.7 Å². The summed E-state index contributed by atoms with van der Waals surface area (Å²) < 4.78 is 6.59. The van der Waals surface area contributed by atoms with Gasteiger partial charge in [0, 0.05) is 38.3 Å². The van der Waals surface area contributed by atoms with Crippen molar-refractivity contribution in [3.05, 3.63) is 83.8 Å². The van der Waals surface area contributed by atoms with E-state index in [2.05, 4.69) is 5.32 Å². The standard InChI is InChI=1S/C41H47N5O7S/c1-25(2)37(43-41(52)53-4)39(51)46-18-10-16-33(46)35(49)22-30-23-44-24-36(54-40(44)42-30)29-14-8-11-27(20-29)21-34(48)32-15-9-17-45(32)38(50)31(19-26(3)47)28-12-6-5-7-13-28/h5-8,11-14,20,23-25,31-33,37H,9-10,15-19,21-22H2,1-4H3,(H,43,52)/t31-,32+,33+,37+/m1/s1. The highest BCUT2D eigenvalue weighted by atomic mass is 32.1. The lowest BCUT2D eigenvalue weighted by molar-refractivity contribution is -0.139. The van der Waals surface area contributed by atoms with Crippen molar-refractivity contribution in [2.45, 2.75) is 89.8 Å². The monoisotopic (exact) mass is 753 g/mol. The van der Waals surface area contributed by atoms with Crippen molar-refractivity contribution in [1.29, 1.82) is 0 Å². The minimum Gasteiger partial charge on any atom is -0.453 e. The lowest BCUT2D eigenvalue weighted by Gasteiger charge is -2.30. The summed E-state index contributed by atoms with van der Waals surface area (Å²) in [5, 5.41) is 2.61. The van der Waals surface area contributed by atoms with Gasteiger partial charge in [-0.2, -0.15) is 0 Å². The normalized spacial score (nSPS) is 18.2. The summed E-state index contributed by atoms with van der Waals surface area (Å²) >= 11 is 1.47. The Labute approximate surface area is 318 Å². The molecule has 4 aromatic rings. The minimum absolute atomic E-state index is 0.0232. The number of nitrogens with one attached hydrogen (secondary N) is 1. The van der Waals surface area contributed by atoms with E-state index in [9.17, 15) is 28.8 Å². The molecule has 6 rings (SSSR count). The number of benzene rings is 2. The van der Waals surface area contributed by atoms with Crippen LogP contribution in [-0.4, -0.2) is 92.8 Å². The van der Waals surface area contributed by atoms with Crippen molar-refractivity contribution in [1.82, 2.24) is 24.5 Å². The second-order valence-corrected chi connectivity index (χ2v) is 15.6. The Morgan fingerprint density at radius 3 is 2.17 bits per heavy atom. The SMILES string of the molecule is COC(=O)N[C@H](C(=O)N1CCC[C@H]1C(=O)Cc1cn2cc(-c3cccc(CC(=O)[C@@H]4CCCN4C(=O)[C@H](CC(C)=O)c4ccccc4)c3)sc2n1)C(C)C. The lowest BCUT2D eigenvalue weighted by Crippen LogP contribution is -2.53. The van der Waals surface area contributed by atoms with Crippen LogP contribution in [0.1, 0.15) is 75.6 Å². The maximum Gasteiger partial charge on any atom is 0.407 e. The summed E-state index contributed by atoms with van der Waals surface area (Å²) in [4.78, 5) is 88.1. The summed E-state index contributed by atoms with van der Waals surface area (Å²) in [6.45, 7) is 6.09. The van der Waals surface area contributed by atoms with Crippen LogP contribution in [0.25, 0.3) is 15.4 Å². The molecule has 2 aliphatic heterocycles. The number of carbonyl (C=O) groups is 6. The summed E-state index contributed by atoms with van der Waals surface area (Å²) in [6.07, 6.45) is 6.03. The van der Waals surface area contributed by atoms with Gasteiger partial charge >= 0.3 is 6.09 Å². The number of methoxy groups -OCH3 is 1. The molecule has 0 unspecified atom stereocenters. The van der Waals surface area contributed by atoms with Crippen LogP contribution < -0.4 is 5.32 Å². The number of likely N-dealkylation sites (tertiary alicyclic amines) is 2. The highest BCUT2D eigenvalue weighted by Crippen LogP contribution is 2.32. The molecular formula is C41H47N5O7S. The van der Waals surface area contributed by atoms with Crippen molar-refractivity contribution >= 4 is 51.6 Å². The molecule has 13 heteroatoms. The number of carbonyl (C=O) groups excluding carboxylic acids is 6. The van der Waals surface area contributed by atoms with Gasteiger partial charge in [-0.3, -0.25) is 28.4 Å². The van der Waals surface area contributed by atoms with Gasteiger partial charge in [0.15, 0.2) is 16.5 Å². The number of hydrogen-bond acceptors (Lipinski definition) is 9. The summed E-state index contributed by atoms with van der Waals surface area (Å²) in [5.74, 6) is -1.45.